The summed E-state index contributed by atoms with van der Waals surface area (Å²) in [5.74, 6) is 0.587. The number of para-hydroxylation sites is 1. The monoisotopic (exact) mass is 373 g/mol. The fraction of sp³-hybridized carbons (Fsp3) is 0.130. The van der Waals surface area contributed by atoms with E-state index in [0.29, 0.717) is 6.54 Å². The number of methoxy groups -OCH3 is 1. The van der Waals surface area contributed by atoms with E-state index in [2.05, 4.69) is 15.2 Å². The van der Waals surface area contributed by atoms with E-state index in [4.69, 9.17) is 4.74 Å². The van der Waals surface area contributed by atoms with Gasteiger partial charge in [0, 0.05) is 49.0 Å². The molecule has 0 radical (unpaired) electrons. The van der Waals surface area contributed by atoms with E-state index in [1.165, 1.54) is 6.08 Å². The third-order valence-electron chi connectivity index (χ3n) is 4.39. The van der Waals surface area contributed by atoms with Gasteiger partial charge in [0.05, 0.1) is 7.11 Å². The van der Waals surface area contributed by atoms with Gasteiger partial charge < -0.3 is 15.0 Å². The zero-order valence-electron chi connectivity index (χ0n) is 16.0. The first-order valence-corrected chi connectivity index (χ1v) is 8.99. The molecule has 0 spiro atoms. The van der Waals surface area contributed by atoms with E-state index in [9.17, 15) is 4.79 Å². The highest BCUT2D eigenvalue weighted by Gasteiger charge is 2.04. The maximum absolute atomic E-state index is 12.1. The van der Waals surface area contributed by atoms with Crippen LogP contribution in [0.4, 0.5) is 11.4 Å². The molecule has 0 fully saturated rings. The Morgan fingerprint density at radius 3 is 2.43 bits per heavy atom. The maximum atomic E-state index is 12.1. The van der Waals surface area contributed by atoms with Crippen LogP contribution in [0.3, 0.4) is 0 Å². The first-order valence-electron chi connectivity index (χ1n) is 8.99. The van der Waals surface area contributed by atoms with Gasteiger partial charge in [-0.2, -0.15) is 0 Å². The lowest BCUT2D eigenvalue weighted by molar-refractivity contribution is -0.116. The molecule has 0 aliphatic rings. The topological polar surface area (TPSA) is 54.5 Å². The predicted octanol–water partition coefficient (Wildman–Crippen LogP) is 4.19. The Hall–Kier alpha value is -3.60. The number of hydrogen-bond donors (Lipinski definition) is 1. The number of benzene rings is 2. The minimum absolute atomic E-state index is 0.149. The van der Waals surface area contributed by atoms with Crippen LogP contribution in [-0.4, -0.2) is 25.0 Å². The molecule has 142 valence electrons. The summed E-state index contributed by atoms with van der Waals surface area (Å²) >= 11 is 0. The smallest absolute Gasteiger partial charge is 0.244 e. The molecule has 2 aromatic carbocycles. The molecule has 0 aliphatic heterocycles. The summed E-state index contributed by atoms with van der Waals surface area (Å²) in [4.78, 5) is 18.2. The van der Waals surface area contributed by atoms with Gasteiger partial charge in [0.2, 0.25) is 5.91 Å². The van der Waals surface area contributed by atoms with E-state index in [-0.39, 0.29) is 5.91 Å². The van der Waals surface area contributed by atoms with Crippen molar-refractivity contribution in [1.82, 2.24) is 10.3 Å². The molecule has 1 aromatic heterocycles. The van der Waals surface area contributed by atoms with Crippen molar-refractivity contribution >= 4 is 23.4 Å². The molecule has 1 N–H and O–H groups in total. The van der Waals surface area contributed by atoms with Crippen LogP contribution in [0.15, 0.2) is 79.1 Å². The van der Waals surface area contributed by atoms with E-state index < -0.39 is 0 Å². The number of amides is 1. The summed E-state index contributed by atoms with van der Waals surface area (Å²) in [5.41, 5.74) is 4.03. The number of hydrogen-bond acceptors (Lipinski definition) is 4. The first-order chi connectivity index (χ1) is 13.7. The second kappa shape index (κ2) is 9.37. The van der Waals surface area contributed by atoms with E-state index in [1.807, 2.05) is 67.7 Å². The number of aromatic nitrogens is 1. The first kappa shape index (κ1) is 19.2. The molecule has 1 heterocycles. The van der Waals surface area contributed by atoms with Crippen LogP contribution in [0.25, 0.3) is 6.08 Å². The average Bonchev–Trinajstić information content (AvgIpc) is 2.77. The predicted molar refractivity (Wildman–Crippen MR) is 113 cm³/mol. The lowest BCUT2D eigenvalue weighted by atomic mass is 10.1. The van der Waals surface area contributed by atoms with Crippen molar-refractivity contribution in [2.45, 2.75) is 6.54 Å². The van der Waals surface area contributed by atoms with Crippen molar-refractivity contribution < 1.29 is 9.53 Å². The van der Waals surface area contributed by atoms with Crippen molar-refractivity contribution in [3.63, 3.8) is 0 Å². The van der Waals surface area contributed by atoms with Gasteiger partial charge in [0.1, 0.15) is 5.75 Å². The van der Waals surface area contributed by atoms with Gasteiger partial charge in [-0.1, -0.05) is 30.3 Å². The lowest BCUT2D eigenvalue weighted by Gasteiger charge is -2.19. The number of anilines is 2. The van der Waals surface area contributed by atoms with Crippen LogP contribution < -0.4 is 15.0 Å². The highest BCUT2D eigenvalue weighted by Crippen LogP contribution is 2.23. The Labute approximate surface area is 165 Å². The number of carbonyl (C=O) groups is 1. The molecule has 0 saturated heterocycles. The van der Waals surface area contributed by atoms with Crippen molar-refractivity contribution in [2.24, 2.45) is 0 Å². The molecule has 0 aliphatic carbocycles. The number of carbonyl (C=O) groups excluding carboxylic acids is 1. The standard InChI is InChI=1S/C23H23N3O2/c1-26(21-13-15-24-16-14-21)20-10-7-18(8-11-20)17-25-23(27)12-9-19-5-3-4-6-22(19)28-2/h3-16H,17H2,1-2H3,(H,25,27)/b12-9+. The molecule has 5 nitrogen and oxygen atoms in total. The highest BCUT2D eigenvalue weighted by molar-refractivity contribution is 5.92. The second-order valence-electron chi connectivity index (χ2n) is 6.22. The van der Waals surface area contributed by atoms with E-state index >= 15 is 0 Å². The Morgan fingerprint density at radius 2 is 1.71 bits per heavy atom. The van der Waals surface area contributed by atoms with Gasteiger partial charge >= 0.3 is 0 Å². The van der Waals surface area contributed by atoms with Gasteiger partial charge in [-0.15, -0.1) is 0 Å². The summed E-state index contributed by atoms with van der Waals surface area (Å²) in [7, 11) is 3.62. The summed E-state index contributed by atoms with van der Waals surface area (Å²) < 4.78 is 5.28. The zero-order chi connectivity index (χ0) is 19.8. The van der Waals surface area contributed by atoms with Crippen molar-refractivity contribution in [3.05, 3.63) is 90.3 Å². The van der Waals surface area contributed by atoms with Crippen LogP contribution in [0, 0.1) is 0 Å². The largest absolute Gasteiger partial charge is 0.496 e. The van der Waals surface area contributed by atoms with Gasteiger partial charge in [-0.3, -0.25) is 9.78 Å². The van der Waals surface area contributed by atoms with Gasteiger partial charge in [-0.05, 0) is 42.0 Å². The second-order valence-corrected chi connectivity index (χ2v) is 6.22. The molecule has 1 amide bonds. The molecule has 3 aromatic rings. The molecule has 28 heavy (non-hydrogen) atoms. The van der Waals surface area contributed by atoms with Crippen LogP contribution in [0.2, 0.25) is 0 Å². The molecule has 3 rings (SSSR count). The third kappa shape index (κ3) is 4.98. The van der Waals surface area contributed by atoms with E-state index in [0.717, 1.165) is 28.3 Å². The van der Waals surface area contributed by atoms with Crippen LogP contribution in [-0.2, 0) is 11.3 Å². The molecular formula is C23H23N3O2. The van der Waals surface area contributed by atoms with Crippen LogP contribution >= 0.6 is 0 Å². The normalized spacial score (nSPS) is 10.6. The third-order valence-corrected chi connectivity index (χ3v) is 4.39. The quantitative estimate of drug-likeness (QED) is 0.631. The summed E-state index contributed by atoms with van der Waals surface area (Å²) in [6.45, 7) is 0.467. The highest BCUT2D eigenvalue weighted by atomic mass is 16.5. The van der Waals surface area contributed by atoms with Gasteiger partial charge in [0.15, 0.2) is 0 Å². The number of nitrogens with zero attached hydrogens (tertiary/aromatic N) is 2. The fourth-order valence-corrected chi connectivity index (χ4v) is 2.77. The number of ether oxygens (including phenoxy) is 1. The fourth-order valence-electron chi connectivity index (χ4n) is 2.77. The molecule has 0 unspecified atom stereocenters. The number of nitrogens with one attached hydrogen (secondary N) is 1. The van der Waals surface area contributed by atoms with Crippen molar-refractivity contribution in [1.29, 1.82) is 0 Å². The Morgan fingerprint density at radius 1 is 1.04 bits per heavy atom. The number of rotatable bonds is 7. The Bertz CT molecular complexity index is 938. The Balaban J connectivity index is 1.56. The molecule has 0 bridgehead atoms. The zero-order valence-corrected chi connectivity index (χ0v) is 16.0. The van der Waals surface area contributed by atoms with E-state index in [1.54, 1.807) is 25.6 Å². The van der Waals surface area contributed by atoms with Crippen LogP contribution in [0.1, 0.15) is 11.1 Å². The summed E-state index contributed by atoms with van der Waals surface area (Å²) in [6, 6.07) is 19.6. The average molecular weight is 373 g/mol. The SMILES string of the molecule is COc1ccccc1/C=C/C(=O)NCc1ccc(N(C)c2ccncc2)cc1. The molecule has 0 atom stereocenters. The van der Waals surface area contributed by atoms with Crippen molar-refractivity contribution in [2.75, 3.05) is 19.1 Å². The summed E-state index contributed by atoms with van der Waals surface area (Å²) in [6.07, 6.45) is 6.81. The summed E-state index contributed by atoms with van der Waals surface area (Å²) in [5, 5.41) is 2.90. The molecule has 0 saturated carbocycles. The van der Waals surface area contributed by atoms with Crippen LogP contribution in [0.5, 0.6) is 5.75 Å². The molecule has 5 heteroatoms. The van der Waals surface area contributed by atoms with Gasteiger partial charge in [0.25, 0.3) is 0 Å². The molecular weight excluding hydrogens is 350 g/mol. The minimum atomic E-state index is -0.149. The Kier molecular flexibility index (Phi) is 6.41. The lowest BCUT2D eigenvalue weighted by Crippen LogP contribution is -2.20. The number of pyridine rings is 1. The van der Waals surface area contributed by atoms with Crippen molar-refractivity contribution in [3.8, 4) is 5.75 Å². The minimum Gasteiger partial charge on any atom is -0.496 e. The maximum Gasteiger partial charge on any atom is 0.244 e. The van der Waals surface area contributed by atoms with Gasteiger partial charge in [-0.25, -0.2) is 0 Å².